The predicted molar refractivity (Wildman–Crippen MR) is 233 cm³/mol. The fourth-order valence-electron chi connectivity index (χ4n) is 7.76. The van der Waals surface area contributed by atoms with Crippen LogP contribution in [0.3, 0.4) is 0 Å². The Labute approximate surface area is 368 Å². The van der Waals surface area contributed by atoms with Crippen LogP contribution >= 0.6 is 0 Å². The Balaban J connectivity index is 1.22. The molecule has 2 fully saturated rings. The maximum atomic E-state index is 14.8. The summed E-state index contributed by atoms with van der Waals surface area (Å²) < 4.78 is 22.7. The van der Waals surface area contributed by atoms with Crippen molar-refractivity contribution in [3.05, 3.63) is 102 Å². The molecular formula is C47H60N6O10. The van der Waals surface area contributed by atoms with Gasteiger partial charge in [0.1, 0.15) is 35.9 Å². The summed E-state index contributed by atoms with van der Waals surface area (Å²) in [4.78, 5) is 75.7. The molecule has 2 aliphatic rings. The maximum absolute atomic E-state index is 14.8. The average Bonchev–Trinajstić information content (AvgIpc) is 3.91. The molecule has 16 heteroatoms. The van der Waals surface area contributed by atoms with Crippen LogP contribution in [0.15, 0.2) is 89.3 Å². The first-order valence-electron chi connectivity index (χ1n) is 21.9. The molecule has 63 heavy (non-hydrogen) atoms. The topological polar surface area (TPSA) is 202 Å². The standard InChI is InChI=1S/C47H60N6O10/c1-47(2,3)63-44(57)48-26-14-13-22-36(40(54)42-50-35-21-11-12-23-39(35)62-42)49-41(55)38-29-34(61-46(59)52-27-15-6-16-28-52)30-53(38)43(56)37(25-24-32-17-7-4-8-18-32)51-45(58)60-31-33-19-9-5-10-20-33/h4-5,7-12,17-21,23,34,36-38,40,54H,6,13-16,22,24-31H2,1-3H3,(H,48,57)(H,49,55)(H,51,58)/t34-,36+,37-,38+,40?/m1/s1. The van der Waals surface area contributed by atoms with Crippen molar-refractivity contribution >= 4 is 41.2 Å². The van der Waals surface area contributed by atoms with Gasteiger partial charge in [0.25, 0.3) is 0 Å². The van der Waals surface area contributed by atoms with E-state index >= 15 is 0 Å². The summed E-state index contributed by atoms with van der Waals surface area (Å²) in [5.74, 6) is -1.15. The SMILES string of the molecule is CC(C)(C)OC(=O)NCCCC[C@H](NC(=O)[C@@H]1C[C@@H](OC(=O)N2CCCCC2)CN1C(=O)[C@@H](CCc1ccccc1)NC(=O)OCc1ccccc1)C(O)c1nc2ccccc2o1. The molecule has 1 unspecified atom stereocenters. The van der Waals surface area contributed by atoms with E-state index in [4.69, 9.17) is 18.6 Å². The number of hydrogen-bond acceptors (Lipinski definition) is 11. The number of aryl methyl sites for hydroxylation is 1. The third-order valence-electron chi connectivity index (χ3n) is 11.0. The Morgan fingerprint density at radius 1 is 0.841 bits per heavy atom. The quantitative estimate of drug-likeness (QED) is 0.0662. The molecule has 0 aliphatic carbocycles. The number of carbonyl (C=O) groups excluding carboxylic acids is 5. The molecule has 2 aliphatic heterocycles. The van der Waals surface area contributed by atoms with E-state index in [0.717, 1.165) is 30.4 Å². The van der Waals surface area contributed by atoms with Gasteiger partial charge in [-0.1, -0.05) is 72.8 Å². The molecule has 338 valence electrons. The largest absolute Gasteiger partial charge is 0.445 e. The molecule has 16 nitrogen and oxygen atoms in total. The molecule has 5 amide bonds. The molecule has 0 radical (unpaired) electrons. The zero-order valence-corrected chi connectivity index (χ0v) is 36.3. The van der Waals surface area contributed by atoms with E-state index in [1.54, 1.807) is 49.9 Å². The highest BCUT2D eigenvalue weighted by Crippen LogP contribution is 2.28. The van der Waals surface area contributed by atoms with Gasteiger partial charge in [0.15, 0.2) is 11.7 Å². The van der Waals surface area contributed by atoms with E-state index in [2.05, 4.69) is 20.9 Å². The summed E-state index contributed by atoms with van der Waals surface area (Å²) in [7, 11) is 0. The van der Waals surface area contributed by atoms with Gasteiger partial charge in [-0.2, -0.15) is 0 Å². The summed E-state index contributed by atoms with van der Waals surface area (Å²) in [5.41, 5.74) is 2.04. The number of nitrogens with zero attached hydrogens (tertiary/aromatic N) is 3. The van der Waals surface area contributed by atoms with Gasteiger partial charge in [0, 0.05) is 26.1 Å². The van der Waals surface area contributed by atoms with Gasteiger partial charge in [0.2, 0.25) is 17.7 Å². The van der Waals surface area contributed by atoms with Gasteiger partial charge in [-0.3, -0.25) is 9.59 Å². The highest BCUT2D eigenvalue weighted by atomic mass is 16.6. The smallest absolute Gasteiger partial charge is 0.410 e. The van der Waals surface area contributed by atoms with Crippen molar-refractivity contribution in [1.82, 2.24) is 30.7 Å². The molecule has 0 bridgehead atoms. The summed E-state index contributed by atoms with van der Waals surface area (Å²) in [6.45, 7) is 6.59. The van der Waals surface area contributed by atoms with Gasteiger partial charge in [-0.25, -0.2) is 19.4 Å². The van der Waals surface area contributed by atoms with Crippen molar-refractivity contribution in [1.29, 1.82) is 0 Å². The number of fused-ring (bicyclic) bond motifs is 1. The number of nitrogens with one attached hydrogen (secondary N) is 3. The first-order chi connectivity index (χ1) is 30.3. The summed E-state index contributed by atoms with van der Waals surface area (Å²) in [5, 5.41) is 20.2. The van der Waals surface area contributed by atoms with Crippen LogP contribution < -0.4 is 16.0 Å². The molecule has 3 heterocycles. The number of carbonyl (C=O) groups is 5. The zero-order chi connectivity index (χ0) is 44.8. The molecule has 4 N–H and O–H groups in total. The number of piperidine rings is 1. The van der Waals surface area contributed by atoms with Crippen LogP contribution in [0, 0.1) is 0 Å². The molecule has 0 spiro atoms. The number of amides is 5. The number of hydrogen-bond donors (Lipinski definition) is 4. The Hall–Kier alpha value is -6.16. The van der Waals surface area contributed by atoms with Crippen LogP contribution in [0.2, 0.25) is 0 Å². The lowest BCUT2D eigenvalue weighted by atomic mass is 10.0. The van der Waals surface area contributed by atoms with Crippen LogP contribution in [0.5, 0.6) is 0 Å². The van der Waals surface area contributed by atoms with Gasteiger partial charge in [0.05, 0.1) is 12.6 Å². The fraction of sp³-hybridized carbons (Fsp3) is 0.489. The minimum atomic E-state index is -1.39. The highest BCUT2D eigenvalue weighted by Gasteiger charge is 2.45. The average molecular weight is 869 g/mol. The second kappa shape index (κ2) is 22.3. The van der Waals surface area contributed by atoms with Crippen molar-refractivity contribution < 1.29 is 47.7 Å². The molecular weight excluding hydrogens is 809 g/mol. The minimum Gasteiger partial charge on any atom is -0.445 e. The van der Waals surface area contributed by atoms with Gasteiger partial charge < -0.3 is 49.5 Å². The zero-order valence-electron chi connectivity index (χ0n) is 36.3. The first-order valence-corrected chi connectivity index (χ1v) is 21.9. The maximum Gasteiger partial charge on any atom is 0.410 e. The number of likely N-dealkylation sites (tertiary alicyclic amines) is 2. The summed E-state index contributed by atoms with van der Waals surface area (Å²) in [6, 6.07) is 22.5. The number of aromatic nitrogens is 1. The third-order valence-corrected chi connectivity index (χ3v) is 11.0. The minimum absolute atomic E-state index is 0.000244. The lowest BCUT2D eigenvalue weighted by molar-refractivity contribution is -0.140. The number of aliphatic hydroxyl groups is 1. The Bertz CT molecular complexity index is 2090. The third kappa shape index (κ3) is 13.9. The van der Waals surface area contributed by atoms with Gasteiger partial charge in [-0.05, 0) is 95.4 Å². The van der Waals surface area contributed by atoms with Crippen LogP contribution in [0.1, 0.15) is 95.3 Å². The molecule has 3 aromatic carbocycles. The number of rotatable bonds is 17. The number of aliphatic hydroxyl groups excluding tert-OH is 1. The van der Waals surface area contributed by atoms with E-state index < -0.39 is 66.0 Å². The lowest BCUT2D eigenvalue weighted by Crippen LogP contribution is -2.55. The normalized spacial score (nSPS) is 17.9. The Morgan fingerprint density at radius 3 is 2.22 bits per heavy atom. The molecule has 4 aromatic rings. The molecule has 5 atom stereocenters. The summed E-state index contributed by atoms with van der Waals surface area (Å²) >= 11 is 0. The molecule has 0 saturated carbocycles. The number of benzene rings is 3. The van der Waals surface area contributed by atoms with Crippen molar-refractivity contribution in [2.24, 2.45) is 0 Å². The van der Waals surface area contributed by atoms with Gasteiger partial charge >= 0.3 is 18.3 Å². The van der Waals surface area contributed by atoms with Crippen LogP contribution in [0.25, 0.3) is 11.1 Å². The van der Waals surface area contributed by atoms with Crippen molar-refractivity contribution in [3.63, 3.8) is 0 Å². The molecule has 6 rings (SSSR count). The first kappa shape index (κ1) is 46.3. The fourth-order valence-corrected chi connectivity index (χ4v) is 7.76. The van der Waals surface area contributed by atoms with E-state index in [9.17, 15) is 29.1 Å². The molecule has 1 aromatic heterocycles. The van der Waals surface area contributed by atoms with E-state index in [1.165, 1.54) is 4.90 Å². The Kier molecular flexibility index (Phi) is 16.4. The van der Waals surface area contributed by atoms with Crippen molar-refractivity contribution in [2.75, 3.05) is 26.2 Å². The number of ether oxygens (including phenoxy) is 3. The lowest BCUT2D eigenvalue weighted by Gasteiger charge is -2.30. The number of oxazole rings is 1. The second-order valence-corrected chi connectivity index (χ2v) is 17.1. The van der Waals surface area contributed by atoms with Crippen LogP contribution in [-0.4, -0.2) is 106 Å². The summed E-state index contributed by atoms with van der Waals surface area (Å²) in [6.07, 6.45) is 0.396. The van der Waals surface area contributed by atoms with E-state index in [0.29, 0.717) is 43.5 Å². The number of alkyl carbamates (subject to hydrolysis) is 2. The monoisotopic (exact) mass is 868 g/mol. The van der Waals surface area contributed by atoms with E-state index in [1.807, 2.05) is 60.7 Å². The highest BCUT2D eigenvalue weighted by molar-refractivity contribution is 5.92. The second-order valence-electron chi connectivity index (χ2n) is 17.1. The number of unbranched alkanes of at least 4 members (excludes halogenated alkanes) is 1. The van der Waals surface area contributed by atoms with Gasteiger partial charge in [-0.15, -0.1) is 0 Å². The van der Waals surface area contributed by atoms with Crippen LogP contribution in [-0.2, 0) is 36.8 Å². The van der Waals surface area contributed by atoms with Crippen LogP contribution in [0.4, 0.5) is 14.4 Å². The Morgan fingerprint density at radius 2 is 1.52 bits per heavy atom. The predicted octanol–water partition coefficient (Wildman–Crippen LogP) is 6.56. The van der Waals surface area contributed by atoms with Crippen molar-refractivity contribution in [2.45, 2.75) is 121 Å². The van der Waals surface area contributed by atoms with Crippen molar-refractivity contribution in [3.8, 4) is 0 Å². The number of para-hydroxylation sites is 2. The molecule has 2 saturated heterocycles. The van der Waals surface area contributed by atoms with E-state index in [-0.39, 0.29) is 44.8 Å².